The Balaban J connectivity index is 2.15. The van der Waals surface area contributed by atoms with Crippen molar-refractivity contribution in [3.8, 4) is 0 Å². The van der Waals surface area contributed by atoms with Crippen LogP contribution in [0.5, 0.6) is 0 Å². The van der Waals surface area contributed by atoms with Gasteiger partial charge >= 0.3 is 0 Å². The van der Waals surface area contributed by atoms with Gasteiger partial charge in [-0.1, -0.05) is 34.8 Å². The molecule has 0 aliphatic carbocycles. The molecule has 0 saturated heterocycles. The Hall–Kier alpha value is -0.960. The molecule has 2 aromatic rings. The van der Waals surface area contributed by atoms with E-state index in [2.05, 4.69) is 5.32 Å². The fourth-order valence-corrected chi connectivity index (χ4v) is 2.17. The van der Waals surface area contributed by atoms with Crippen LogP contribution in [-0.4, -0.2) is 0 Å². The normalized spacial score (nSPS) is 10.4. The highest BCUT2D eigenvalue weighted by Crippen LogP contribution is 2.31. The van der Waals surface area contributed by atoms with Crippen molar-refractivity contribution in [3.63, 3.8) is 0 Å². The molecule has 18 heavy (non-hydrogen) atoms. The van der Waals surface area contributed by atoms with E-state index in [1.165, 1.54) is 12.1 Å². The zero-order chi connectivity index (χ0) is 13.1. The topological polar surface area (TPSA) is 12.0 Å². The zero-order valence-corrected chi connectivity index (χ0v) is 11.5. The van der Waals surface area contributed by atoms with Crippen molar-refractivity contribution in [3.05, 3.63) is 62.8 Å². The number of benzene rings is 2. The number of rotatable bonds is 3. The summed E-state index contributed by atoms with van der Waals surface area (Å²) < 4.78 is 12.7. The fraction of sp³-hybridized carbons (Fsp3) is 0.0769. The van der Waals surface area contributed by atoms with Gasteiger partial charge < -0.3 is 5.32 Å². The summed E-state index contributed by atoms with van der Waals surface area (Å²) in [6.45, 7) is 0.420. The van der Waals surface area contributed by atoms with Crippen molar-refractivity contribution < 1.29 is 4.39 Å². The lowest BCUT2D eigenvalue weighted by Crippen LogP contribution is -2.01. The van der Waals surface area contributed by atoms with Gasteiger partial charge in [0, 0.05) is 22.8 Å². The molecule has 1 N–H and O–H groups in total. The molecule has 0 heterocycles. The Morgan fingerprint density at radius 3 is 2.17 bits per heavy atom. The van der Waals surface area contributed by atoms with E-state index in [1.807, 2.05) is 0 Å². The van der Waals surface area contributed by atoms with Crippen LogP contribution in [0.25, 0.3) is 0 Å². The van der Waals surface area contributed by atoms with Gasteiger partial charge in [-0.05, 0) is 36.4 Å². The first kappa shape index (κ1) is 13.5. The SMILES string of the molecule is Fc1ccc(NCc2c(Cl)ccc(Cl)c2Cl)cc1. The van der Waals surface area contributed by atoms with Crippen LogP contribution in [0.1, 0.15) is 5.56 Å². The van der Waals surface area contributed by atoms with E-state index < -0.39 is 0 Å². The van der Waals surface area contributed by atoms with E-state index in [0.717, 1.165) is 11.3 Å². The maximum absolute atomic E-state index is 12.7. The number of nitrogens with one attached hydrogen (secondary N) is 1. The van der Waals surface area contributed by atoms with Crippen LogP contribution in [0.3, 0.4) is 0 Å². The molecule has 0 bridgehead atoms. The third kappa shape index (κ3) is 3.08. The predicted molar refractivity (Wildman–Crippen MR) is 75.2 cm³/mol. The minimum atomic E-state index is -0.278. The fourth-order valence-electron chi connectivity index (χ4n) is 1.49. The number of hydrogen-bond donors (Lipinski definition) is 1. The molecule has 0 aromatic heterocycles. The third-order valence-corrected chi connectivity index (χ3v) is 3.65. The molecule has 0 fully saturated rings. The van der Waals surface area contributed by atoms with Crippen LogP contribution >= 0.6 is 34.8 Å². The molecule has 5 heteroatoms. The molecule has 0 unspecified atom stereocenters. The van der Waals surface area contributed by atoms with Crippen LogP contribution < -0.4 is 5.32 Å². The summed E-state index contributed by atoms with van der Waals surface area (Å²) in [4.78, 5) is 0. The Kier molecular flexibility index (Phi) is 4.33. The molecule has 94 valence electrons. The van der Waals surface area contributed by atoms with Crippen LogP contribution in [0.4, 0.5) is 10.1 Å². The molecule has 0 amide bonds. The lowest BCUT2D eigenvalue weighted by Gasteiger charge is -2.10. The van der Waals surface area contributed by atoms with Crippen molar-refractivity contribution in [1.82, 2.24) is 0 Å². The predicted octanol–water partition coefficient (Wildman–Crippen LogP) is 5.40. The molecule has 0 aliphatic rings. The van der Waals surface area contributed by atoms with Crippen LogP contribution in [-0.2, 0) is 6.54 Å². The van der Waals surface area contributed by atoms with Gasteiger partial charge in [-0.3, -0.25) is 0 Å². The number of anilines is 1. The number of halogens is 4. The van der Waals surface area contributed by atoms with E-state index in [9.17, 15) is 4.39 Å². The van der Waals surface area contributed by atoms with Gasteiger partial charge in [0.05, 0.1) is 10.0 Å². The van der Waals surface area contributed by atoms with Crippen molar-refractivity contribution >= 4 is 40.5 Å². The third-order valence-electron chi connectivity index (χ3n) is 2.45. The van der Waals surface area contributed by atoms with Gasteiger partial charge in [0.15, 0.2) is 0 Å². The van der Waals surface area contributed by atoms with Crippen LogP contribution in [0.15, 0.2) is 36.4 Å². The molecule has 1 nitrogen and oxygen atoms in total. The minimum Gasteiger partial charge on any atom is -0.381 e. The average molecular weight is 305 g/mol. The van der Waals surface area contributed by atoms with Gasteiger partial charge in [0.1, 0.15) is 5.82 Å². The van der Waals surface area contributed by atoms with Crippen LogP contribution in [0.2, 0.25) is 15.1 Å². The first-order valence-electron chi connectivity index (χ1n) is 5.20. The molecule has 2 aromatic carbocycles. The highest BCUT2D eigenvalue weighted by molar-refractivity contribution is 6.44. The van der Waals surface area contributed by atoms with Gasteiger partial charge in [-0.15, -0.1) is 0 Å². The molecule has 0 radical (unpaired) electrons. The summed E-state index contributed by atoms with van der Waals surface area (Å²) in [7, 11) is 0. The van der Waals surface area contributed by atoms with Crippen molar-refractivity contribution in [1.29, 1.82) is 0 Å². The Bertz CT molecular complexity index is 555. The monoisotopic (exact) mass is 303 g/mol. The largest absolute Gasteiger partial charge is 0.381 e. The Labute approximate surface area is 119 Å². The van der Waals surface area contributed by atoms with Crippen LogP contribution in [0, 0.1) is 5.82 Å². The lowest BCUT2D eigenvalue weighted by molar-refractivity contribution is 0.628. The zero-order valence-electron chi connectivity index (χ0n) is 9.18. The number of hydrogen-bond acceptors (Lipinski definition) is 1. The summed E-state index contributed by atoms with van der Waals surface area (Å²) in [6.07, 6.45) is 0. The maximum Gasteiger partial charge on any atom is 0.123 e. The quantitative estimate of drug-likeness (QED) is 0.749. The van der Waals surface area contributed by atoms with Gasteiger partial charge in [-0.25, -0.2) is 4.39 Å². The molecule has 0 saturated carbocycles. The van der Waals surface area contributed by atoms with Crippen molar-refractivity contribution in [2.75, 3.05) is 5.32 Å². The molecular formula is C13H9Cl3FN. The van der Waals surface area contributed by atoms with Gasteiger partial charge in [0.25, 0.3) is 0 Å². The molecule has 2 rings (SSSR count). The first-order chi connectivity index (χ1) is 8.58. The highest BCUT2D eigenvalue weighted by Gasteiger charge is 2.09. The van der Waals surface area contributed by atoms with Crippen molar-refractivity contribution in [2.24, 2.45) is 0 Å². The Morgan fingerprint density at radius 1 is 0.889 bits per heavy atom. The minimum absolute atomic E-state index is 0.278. The van der Waals surface area contributed by atoms with Gasteiger partial charge in [0.2, 0.25) is 0 Å². The smallest absolute Gasteiger partial charge is 0.123 e. The molecular weight excluding hydrogens is 296 g/mol. The maximum atomic E-state index is 12.7. The second-order valence-corrected chi connectivity index (χ2v) is 4.87. The van der Waals surface area contributed by atoms with E-state index >= 15 is 0 Å². The van der Waals surface area contributed by atoms with E-state index in [1.54, 1.807) is 24.3 Å². The van der Waals surface area contributed by atoms with E-state index in [0.29, 0.717) is 21.6 Å². The highest BCUT2D eigenvalue weighted by atomic mass is 35.5. The second-order valence-electron chi connectivity index (χ2n) is 3.68. The summed E-state index contributed by atoms with van der Waals surface area (Å²) in [5, 5.41) is 4.53. The first-order valence-corrected chi connectivity index (χ1v) is 6.33. The van der Waals surface area contributed by atoms with Gasteiger partial charge in [-0.2, -0.15) is 0 Å². The molecule has 0 atom stereocenters. The molecule has 0 spiro atoms. The summed E-state index contributed by atoms with van der Waals surface area (Å²) in [5.41, 5.74) is 1.50. The second kappa shape index (κ2) is 5.79. The van der Waals surface area contributed by atoms with Crippen molar-refractivity contribution in [2.45, 2.75) is 6.54 Å². The average Bonchev–Trinajstić information content (AvgIpc) is 2.36. The van der Waals surface area contributed by atoms with E-state index in [-0.39, 0.29) is 5.82 Å². The lowest BCUT2D eigenvalue weighted by atomic mass is 10.2. The summed E-state index contributed by atoms with van der Waals surface area (Å²) in [6, 6.07) is 9.38. The summed E-state index contributed by atoms with van der Waals surface area (Å²) in [5.74, 6) is -0.278. The molecule has 0 aliphatic heterocycles. The summed E-state index contributed by atoms with van der Waals surface area (Å²) >= 11 is 18.0. The van der Waals surface area contributed by atoms with E-state index in [4.69, 9.17) is 34.8 Å². The standard InChI is InChI=1S/C13H9Cl3FN/c14-11-5-6-12(15)13(16)10(11)7-18-9-3-1-8(17)2-4-9/h1-6,18H,7H2. The Morgan fingerprint density at radius 2 is 1.50 bits per heavy atom.